The number of halogens is 2. The number of thiol groups is 1. The number of aryl methyl sites for hydroxylation is 1. The van der Waals surface area contributed by atoms with Crippen LogP contribution in [-0.4, -0.2) is 5.75 Å². The molecule has 0 amide bonds. The van der Waals surface area contributed by atoms with E-state index in [1.54, 1.807) is 13.0 Å². The maximum atomic E-state index is 13.2. The summed E-state index contributed by atoms with van der Waals surface area (Å²) in [7, 11) is 0. The normalized spacial score (nSPS) is 11.1. The summed E-state index contributed by atoms with van der Waals surface area (Å²) in [4.78, 5) is 0. The molecule has 14 heavy (non-hydrogen) atoms. The highest BCUT2D eigenvalue weighted by molar-refractivity contribution is 7.80. The average molecular weight is 231 g/mol. The van der Waals surface area contributed by atoms with E-state index in [4.69, 9.17) is 11.6 Å². The van der Waals surface area contributed by atoms with Crippen LogP contribution in [0.4, 0.5) is 4.39 Å². The summed E-state index contributed by atoms with van der Waals surface area (Å²) < 4.78 is 13.2. The van der Waals surface area contributed by atoms with Crippen LogP contribution >= 0.6 is 24.2 Å². The number of rotatable bonds is 3. The summed E-state index contributed by atoms with van der Waals surface area (Å²) in [6.45, 7) is 1.70. The molecule has 0 saturated heterocycles. The maximum Gasteiger partial charge on any atom is 0.126 e. The second-order valence-electron chi connectivity index (χ2n) is 3.04. The molecule has 0 aromatic heterocycles. The van der Waals surface area contributed by atoms with E-state index in [0.29, 0.717) is 10.6 Å². The number of benzene rings is 1. The summed E-state index contributed by atoms with van der Waals surface area (Å²) in [6, 6.07) is 3.09. The Morgan fingerprint density at radius 3 is 2.86 bits per heavy atom. The Balaban J connectivity index is 2.92. The van der Waals surface area contributed by atoms with E-state index in [9.17, 15) is 4.39 Å². The van der Waals surface area contributed by atoms with Crippen molar-refractivity contribution in [1.29, 1.82) is 0 Å². The van der Waals surface area contributed by atoms with Crippen molar-refractivity contribution in [3.63, 3.8) is 0 Å². The van der Waals surface area contributed by atoms with E-state index >= 15 is 0 Å². The first-order valence-electron chi connectivity index (χ1n) is 4.38. The molecule has 0 aliphatic heterocycles. The van der Waals surface area contributed by atoms with Crippen molar-refractivity contribution in [3.05, 3.63) is 40.2 Å². The molecular weight excluding hydrogens is 219 g/mol. The van der Waals surface area contributed by atoms with Crippen LogP contribution in [0.15, 0.2) is 18.2 Å². The summed E-state index contributed by atoms with van der Waals surface area (Å²) in [5.74, 6) is 0.558. The van der Waals surface area contributed by atoms with Gasteiger partial charge in [0.1, 0.15) is 5.82 Å². The smallest absolute Gasteiger partial charge is 0.126 e. The number of hydrogen-bond donors (Lipinski definition) is 1. The molecule has 0 unspecified atom stereocenters. The standard InChI is InChI=1S/C11H12ClFS/c1-8-6-10(12)9(7-11(8)13)4-2-3-5-14/h2,4,6-7,14H,3,5H2,1H3. The van der Waals surface area contributed by atoms with Gasteiger partial charge >= 0.3 is 0 Å². The molecule has 0 atom stereocenters. The van der Waals surface area contributed by atoms with Crippen molar-refractivity contribution in [3.8, 4) is 0 Å². The van der Waals surface area contributed by atoms with Gasteiger partial charge in [-0.3, -0.25) is 0 Å². The van der Waals surface area contributed by atoms with Crippen LogP contribution < -0.4 is 0 Å². The Hall–Kier alpha value is -0.470. The van der Waals surface area contributed by atoms with Crippen LogP contribution in [0.25, 0.3) is 6.08 Å². The fourth-order valence-electron chi connectivity index (χ4n) is 1.07. The summed E-state index contributed by atoms with van der Waals surface area (Å²) in [5, 5.41) is 0.583. The molecule has 0 aliphatic rings. The molecule has 0 aliphatic carbocycles. The minimum absolute atomic E-state index is 0.222. The lowest BCUT2D eigenvalue weighted by Crippen LogP contribution is -1.85. The largest absolute Gasteiger partial charge is 0.207 e. The van der Waals surface area contributed by atoms with Crippen molar-refractivity contribution < 1.29 is 4.39 Å². The quantitative estimate of drug-likeness (QED) is 0.742. The molecule has 0 N–H and O–H groups in total. The lowest BCUT2D eigenvalue weighted by Gasteiger charge is -2.01. The average Bonchev–Trinajstić information content (AvgIpc) is 2.14. The Labute approximate surface area is 94.2 Å². The third kappa shape index (κ3) is 3.03. The van der Waals surface area contributed by atoms with Crippen molar-refractivity contribution in [2.24, 2.45) is 0 Å². The first-order valence-corrected chi connectivity index (χ1v) is 5.39. The van der Waals surface area contributed by atoms with Crippen LogP contribution in [0.5, 0.6) is 0 Å². The van der Waals surface area contributed by atoms with Gasteiger partial charge in [0.25, 0.3) is 0 Å². The number of hydrogen-bond acceptors (Lipinski definition) is 1. The Morgan fingerprint density at radius 1 is 1.50 bits per heavy atom. The highest BCUT2D eigenvalue weighted by Gasteiger charge is 2.02. The summed E-state index contributed by atoms with van der Waals surface area (Å²) >= 11 is 10.0. The zero-order valence-corrected chi connectivity index (χ0v) is 9.58. The van der Waals surface area contributed by atoms with Gasteiger partial charge in [0, 0.05) is 5.02 Å². The predicted octanol–water partition coefficient (Wildman–Crippen LogP) is 4.12. The van der Waals surface area contributed by atoms with E-state index in [-0.39, 0.29) is 5.82 Å². The Bertz CT molecular complexity index is 347. The van der Waals surface area contributed by atoms with Gasteiger partial charge in [0.05, 0.1) is 0 Å². The molecule has 0 radical (unpaired) electrons. The van der Waals surface area contributed by atoms with Gasteiger partial charge in [0.2, 0.25) is 0 Å². The molecule has 0 nitrogen and oxygen atoms in total. The van der Waals surface area contributed by atoms with Crippen LogP contribution in [0.1, 0.15) is 17.5 Å². The topological polar surface area (TPSA) is 0 Å². The molecule has 1 aromatic rings. The first-order chi connectivity index (χ1) is 6.65. The van der Waals surface area contributed by atoms with E-state index in [2.05, 4.69) is 12.6 Å². The fourth-order valence-corrected chi connectivity index (χ4v) is 1.50. The molecule has 1 rings (SSSR count). The highest BCUT2D eigenvalue weighted by Crippen LogP contribution is 2.21. The van der Waals surface area contributed by atoms with E-state index in [1.165, 1.54) is 6.07 Å². The molecule has 3 heteroatoms. The van der Waals surface area contributed by atoms with Gasteiger partial charge in [-0.15, -0.1) is 0 Å². The molecule has 1 aromatic carbocycles. The third-order valence-electron chi connectivity index (χ3n) is 1.87. The molecule has 0 bridgehead atoms. The monoisotopic (exact) mass is 230 g/mol. The van der Waals surface area contributed by atoms with Crippen molar-refractivity contribution in [2.45, 2.75) is 13.3 Å². The molecule has 0 spiro atoms. The fraction of sp³-hybridized carbons (Fsp3) is 0.273. The van der Waals surface area contributed by atoms with Gasteiger partial charge in [-0.1, -0.05) is 23.8 Å². The van der Waals surface area contributed by atoms with E-state index in [0.717, 1.165) is 17.7 Å². The second kappa shape index (κ2) is 5.42. The minimum atomic E-state index is -0.222. The van der Waals surface area contributed by atoms with E-state index < -0.39 is 0 Å². The molecule has 76 valence electrons. The van der Waals surface area contributed by atoms with Gasteiger partial charge in [-0.25, -0.2) is 4.39 Å². The first kappa shape index (κ1) is 11.6. The van der Waals surface area contributed by atoms with Crippen LogP contribution in [0.2, 0.25) is 5.02 Å². The minimum Gasteiger partial charge on any atom is -0.207 e. The van der Waals surface area contributed by atoms with Crippen molar-refractivity contribution in [1.82, 2.24) is 0 Å². The van der Waals surface area contributed by atoms with Crippen LogP contribution in [0.3, 0.4) is 0 Å². The second-order valence-corrected chi connectivity index (χ2v) is 3.89. The van der Waals surface area contributed by atoms with Crippen LogP contribution in [0, 0.1) is 12.7 Å². The lowest BCUT2D eigenvalue weighted by molar-refractivity contribution is 0.618. The Morgan fingerprint density at radius 2 is 2.21 bits per heavy atom. The molecule has 0 heterocycles. The van der Waals surface area contributed by atoms with Crippen LogP contribution in [-0.2, 0) is 0 Å². The summed E-state index contributed by atoms with van der Waals surface area (Å²) in [5.41, 5.74) is 1.29. The molecule has 0 saturated carbocycles. The van der Waals surface area contributed by atoms with E-state index in [1.807, 2.05) is 12.2 Å². The molecular formula is C11H12ClFS. The summed E-state index contributed by atoms with van der Waals surface area (Å²) in [6.07, 6.45) is 4.61. The Kier molecular flexibility index (Phi) is 4.49. The predicted molar refractivity (Wildman–Crippen MR) is 63.7 cm³/mol. The maximum absolute atomic E-state index is 13.2. The molecule has 0 fully saturated rings. The van der Waals surface area contributed by atoms with Crippen molar-refractivity contribution in [2.75, 3.05) is 5.75 Å². The third-order valence-corrected chi connectivity index (χ3v) is 2.46. The van der Waals surface area contributed by atoms with Crippen molar-refractivity contribution >= 4 is 30.3 Å². The van der Waals surface area contributed by atoms with Gasteiger partial charge in [0.15, 0.2) is 0 Å². The zero-order valence-electron chi connectivity index (χ0n) is 7.93. The van der Waals surface area contributed by atoms with Gasteiger partial charge < -0.3 is 0 Å². The highest BCUT2D eigenvalue weighted by atomic mass is 35.5. The van der Waals surface area contributed by atoms with Gasteiger partial charge in [-0.2, -0.15) is 12.6 Å². The lowest BCUT2D eigenvalue weighted by atomic mass is 10.1. The number of allylic oxidation sites excluding steroid dienone is 1. The van der Waals surface area contributed by atoms with Gasteiger partial charge in [-0.05, 0) is 42.4 Å². The zero-order chi connectivity index (χ0) is 10.6. The SMILES string of the molecule is Cc1cc(Cl)c(C=CCCS)cc1F.